The Bertz CT molecular complexity index is 551. The number of amides is 1. The van der Waals surface area contributed by atoms with Crippen molar-refractivity contribution in [3.8, 4) is 18.1 Å². The van der Waals surface area contributed by atoms with Gasteiger partial charge in [0.05, 0.1) is 11.5 Å². The summed E-state index contributed by atoms with van der Waals surface area (Å²) in [6.07, 6.45) is 4.12. The molecule has 0 aliphatic rings. The molecule has 20 heavy (non-hydrogen) atoms. The van der Waals surface area contributed by atoms with E-state index in [9.17, 15) is 14.9 Å². The van der Waals surface area contributed by atoms with Crippen LogP contribution < -0.4 is 15.8 Å². The molecule has 0 bridgehead atoms. The molecule has 0 heterocycles. The summed E-state index contributed by atoms with van der Waals surface area (Å²) in [5, 5.41) is 13.3. The Morgan fingerprint density at radius 2 is 2.35 bits per heavy atom. The van der Waals surface area contributed by atoms with E-state index in [1.165, 1.54) is 25.1 Å². The van der Waals surface area contributed by atoms with Gasteiger partial charge in [0.25, 0.3) is 5.91 Å². The van der Waals surface area contributed by atoms with Gasteiger partial charge in [-0.2, -0.15) is 0 Å². The third-order valence-electron chi connectivity index (χ3n) is 2.49. The number of nitrogens with zero attached hydrogens (tertiary/aromatic N) is 1. The van der Waals surface area contributed by atoms with Crippen molar-refractivity contribution in [1.82, 2.24) is 5.32 Å². The molecule has 1 amide bonds. The van der Waals surface area contributed by atoms with Gasteiger partial charge in [0.2, 0.25) is 0 Å². The first-order valence-electron chi connectivity index (χ1n) is 5.84. The summed E-state index contributed by atoms with van der Waals surface area (Å²) in [4.78, 5) is 21.9. The number of hydrogen-bond donors (Lipinski definition) is 2. The van der Waals surface area contributed by atoms with Crippen LogP contribution in [0, 0.1) is 22.5 Å². The van der Waals surface area contributed by atoms with Gasteiger partial charge in [0.1, 0.15) is 0 Å². The summed E-state index contributed by atoms with van der Waals surface area (Å²) < 4.78 is 5.33. The van der Waals surface area contributed by atoms with E-state index < -0.39 is 16.9 Å². The van der Waals surface area contributed by atoms with Crippen LogP contribution in [0.1, 0.15) is 12.5 Å². The van der Waals surface area contributed by atoms with Gasteiger partial charge in [-0.1, -0.05) is 12.0 Å². The fraction of sp³-hybridized carbons (Fsp3) is 0.308. The zero-order chi connectivity index (χ0) is 15.1. The van der Waals surface area contributed by atoms with Crippen molar-refractivity contribution in [2.45, 2.75) is 19.6 Å². The fourth-order valence-corrected chi connectivity index (χ4v) is 1.46. The minimum absolute atomic E-state index is 0.00121. The minimum atomic E-state index is -0.907. The van der Waals surface area contributed by atoms with Crippen LogP contribution in [-0.4, -0.2) is 23.5 Å². The minimum Gasteiger partial charge on any atom is -0.474 e. The maximum Gasteiger partial charge on any atom is 0.310 e. The summed E-state index contributed by atoms with van der Waals surface area (Å²) in [6.45, 7) is 1.76. The Hall–Kier alpha value is -2.59. The number of terminal acetylenes is 1. The summed E-state index contributed by atoms with van der Waals surface area (Å²) in [7, 11) is 0. The summed E-state index contributed by atoms with van der Waals surface area (Å²) >= 11 is 0. The highest BCUT2D eigenvalue weighted by molar-refractivity contribution is 5.81. The van der Waals surface area contributed by atoms with Crippen LogP contribution in [0.2, 0.25) is 0 Å². The quantitative estimate of drug-likeness (QED) is 0.449. The lowest BCUT2D eigenvalue weighted by Crippen LogP contribution is -2.36. The van der Waals surface area contributed by atoms with Crippen LogP contribution in [0.3, 0.4) is 0 Å². The average molecular weight is 277 g/mol. The number of benzene rings is 1. The molecule has 0 saturated heterocycles. The van der Waals surface area contributed by atoms with E-state index in [2.05, 4.69) is 11.2 Å². The van der Waals surface area contributed by atoms with Gasteiger partial charge in [-0.25, -0.2) is 0 Å². The number of nitrogens with two attached hydrogens (primary N) is 1. The maximum atomic E-state index is 11.6. The third kappa shape index (κ3) is 3.96. The summed E-state index contributed by atoms with van der Waals surface area (Å²) in [5.41, 5.74) is 5.92. The number of nitrogens with one attached hydrogen (secondary N) is 1. The first kappa shape index (κ1) is 15.5. The molecule has 3 N–H and O–H groups in total. The highest BCUT2D eigenvalue weighted by Crippen LogP contribution is 2.28. The first-order valence-corrected chi connectivity index (χ1v) is 5.84. The molecule has 1 aromatic rings. The van der Waals surface area contributed by atoms with E-state index in [1.807, 2.05) is 0 Å². The molecule has 7 heteroatoms. The molecule has 0 aromatic heterocycles. The summed E-state index contributed by atoms with van der Waals surface area (Å²) in [6, 6.07) is 4.28. The lowest BCUT2D eigenvalue weighted by Gasteiger charge is -2.14. The van der Waals surface area contributed by atoms with Gasteiger partial charge in [0.15, 0.2) is 11.9 Å². The number of nitro benzene ring substituents is 1. The van der Waals surface area contributed by atoms with E-state index >= 15 is 0 Å². The molecule has 0 spiro atoms. The Kier molecular flexibility index (Phi) is 5.50. The van der Waals surface area contributed by atoms with E-state index in [0.717, 1.165) is 0 Å². The molecule has 1 rings (SSSR count). The number of carbonyl (C=O) groups excluding carboxylic acids is 1. The predicted molar refractivity (Wildman–Crippen MR) is 72.9 cm³/mol. The zero-order valence-electron chi connectivity index (χ0n) is 11.0. The normalized spacial score (nSPS) is 11.2. The van der Waals surface area contributed by atoms with Crippen LogP contribution in [0.5, 0.6) is 5.75 Å². The Morgan fingerprint density at radius 1 is 1.65 bits per heavy atom. The lowest BCUT2D eigenvalue weighted by atomic mass is 10.2. The second-order valence-electron chi connectivity index (χ2n) is 3.95. The van der Waals surface area contributed by atoms with E-state index in [-0.39, 0.29) is 24.5 Å². The monoisotopic (exact) mass is 277 g/mol. The van der Waals surface area contributed by atoms with Crippen LogP contribution in [0.4, 0.5) is 5.69 Å². The Balaban J connectivity index is 2.92. The molecule has 7 nitrogen and oxygen atoms in total. The molecule has 0 saturated carbocycles. The third-order valence-corrected chi connectivity index (χ3v) is 2.49. The average Bonchev–Trinajstić information content (AvgIpc) is 2.44. The molecule has 0 aliphatic carbocycles. The molecule has 1 unspecified atom stereocenters. The van der Waals surface area contributed by atoms with Crippen LogP contribution in [0.25, 0.3) is 0 Å². The number of nitro groups is 1. The van der Waals surface area contributed by atoms with Crippen molar-refractivity contribution in [2.24, 2.45) is 5.73 Å². The Morgan fingerprint density at radius 3 is 2.90 bits per heavy atom. The molecule has 0 aliphatic heterocycles. The zero-order valence-corrected chi connectivity index (χ0v) is 11.0. The van der Waals surface area contributed by atoms with Crippen molar-refractivity contribution in [2.75, 3.05) is 6.54 Å². The van der Waals surface area contributed by atoms with E-state index in [4.69, 9.17) is 16.9 Å². The summed E-state index contributed by atoms with van der Waals surface area (Å²) in [5.74, 6) is 1.81. The SMILES string of the molecule is C#CCNC(=O)C(C)Oc1cc(CN)ccc1[N+](=O)[O-]. The van der Waals surface area contributed by atoms with Crippen LogP contribution in [0.15, 0.2) is 18.2 Å². The van der Waals surface area contributed by atoms with Gasteiger partial charge in [-0.05, 0) is 18.6 Å². The van der Waals surface area contributed by atoms with Crippen molar-refractivity contribution in [3.63, 3.8) is 0 Å². The van der Waals surface area contributed by atoms with Crippen LogP contribution in [-0.2, 0) is 11.3 Å². The number of rotatable bonds is 6. The topological polar surface area (TPSA) is 107 Å². The molecule has 1 aromatic carbocycles. The van der Waals surface area contributed by atoms with Crippen molar-refractivity contribution < 1.29 is 14.5 Å². The van der Waals surface area contributed by atoms with Gasteiger partial charge < -0.3 is 15.8 Å². The highest BCUT2D eigenvalue weighted by Gasteiger charge is 2.21. The molecule has 0 fully saturated rings. The molecule has 0 radical (unpaired) electrons. The van der Waals surface area contributed by atoms with E-state index in [1.54, 1.807) is 0 Å². The van der Waals surface area contributed by atoms with Crippen molar-refractivity contribution in [1.29, 1.82) is 0 Å². The molecular weight excluding hydrogens is 262 g/mol. The number of carbonyl (C=O) groups is 1. The lowest BCUT2D eigenvalue weighted by molar-refractivity contribution is -0.386. The van der Waals surface area contributed by atoms with Gasteiger partial charge in [0, 0.05) is 12.6 Å². The highest BCUT2D eigenvalue weighted by atomic mass is 16.6. The van der Waals surface area contributed by atoms with E-state index in [0.29, 0.717) is 5.56 Å². The van der Waals surface area contributed by atoms with Crippen molar-refractivity contribution >= 4 is 11.6 Å². The molecular formula is C13H15N3O4. The molecule has 106 valence electrons. The van der Waals surface area contributed by atoms with Crippen LogP contribution >= 0.6 is 0 Å². The maximum absolute atomic E-state index is 11.6. The number of hydrogen-bond acceptors (Lipinski definition) is 5. The molecule has 1 atom stereocenters. The predicted octanol–water partition coefficient (Wildman–Crippen LogP) is 0.570. The standard InChI is InChI=1S/C13H15N3O4/c1-3-6-15-13(17)9(2)20-12-7-10(8-14)4-5-11(12)16(18)19/h1,4-5,7,9H,6,8,14H2,2H3,(H,15,17). The smallest absolute Gasteiger partial charge is 0.310 e. The van der Waals surface area contributed by atoms with Gasteiger partial charge in [-0.3, -0.25) is 14.9 Å². The number of ether oxygens (including phenoxy) is 1. The second-order valence-corrected chi connectivity index (χ2v) is 3.95. The first-order chi connectivity index (χ1) is 9.49. The second kappa shape index (κ2) is 7.11. The fourth-order valence-electron chi connectivity index (χ4n) is 1.46. The van der Waals surface area contributed by atoms with Gasteiger partial charge in [-0.15, -0.1) is 6.42 Å². The van der Waals surface area contributed by atoms with Crippen molar-refractivity contribution in [3.05, 3.63) is 33.9 Å². The Labute approximate surface area is 116 Å². The van der Waals surface area contributed by atoms with Gasteiger partial charge >= 0.3 is 5.69 Å². The largest absolute Gasteiger partial charge is 0.474 e.